The molecule has 0 aliphatic heterocycles. The Morgan fingerprint density at radius 2 is 1.96 bits per heavy atom. The summed E-state index contributed by atoms with van der Waals surface area (Å²) in [6.45, 7) is 6.01. The molecule has 4 nitrogen and oxygen atoms in total. The van der Waals surface area contributed by atoms with Crippen LogP contribution in [0.4, 0.5) is 5.69 Å². The Morgan fingerprint density at radius 1 is 1.16 bits per heavy atom. The van der Waals surface area contributed by atoms with Gasteiger partial charge < -0.3 is 9.32 Å². The topological polar surface area (TPSA) is 46.3 Å². The highest BCUT2D eigenvalue weighted by Gasteiger charge is 2.08. The molecule has 2 aromatic carbocycles. The Hall–Kier alpha value is -2.66. The molecule has 0 fully saturated rings. The highest BCUT2D eigenvalue weighted by atomic mass is 32.1. The van der Waals surface area contributed by atoms with Crippen LogP contribution in [-0.4, -0.2) is 18.1 Å². The summed E-state index contributed by atoms with van der Waals surface area (Å²) in [7, 11) is 0. The molecule has 0 aliphatic rings. The van der Waals surface area contributed by atoms with Gasteiger partial charge in [-0.2, -0.15) is 11.3 Å². The molecule has 0 unspecified atom stereocenters. The maximum atomic E-state index is 12.5. The number of aromatic nitrogens is 1. The fraction of sp³-hybridized carbons (Fsp3) is 0.200. The lowest BCUT2D eigenvalue weighted by Crippen LogP contribution is -2.21. The third-order valence-corrected chi connectivity index (χ3v) is 5.32. The molecule has 0 N–H and O–H groups in total. The van der Waals surface area contributed by atoms with Crippen molar-refractivity contribution in [2.75, 3.05) is 18.0 Å². The third kappa shape index (κ3) is 2.81. The first kappa shape index (κ1) is 15.8. The first-order valence-corrected chi connectivity index (χ1v) is 9.12. The third-order valence-electron chi connectivity index (χ3n) is 4.27. The van der Waals surface area contributed by atoms with Gasteiger partial charge in [-0.3, -0.25) is 9.78 Å². The van der Waals surface area contributed by atoms with E-state index in [0.29, 0.717) is 16.2 Å². The Balaban J connectivity index is 1.84. The molecule has 4 rings (SSSR count). The lowest BCUT2D eigenvalue weighted by atomic mass is 10.1. The summed E-state index contributed by atoms with van der Waals surface area (Å²) in [6.07, 6.45) is 0. The van der Waals surface area contributed by atoms with Gasteiger partial charge in [-0.05, 0) is 37.6 Å². The molecular weight excluding hydrogens is 332 g/mol. The molecule has 2 aromatic heterocycles. The van der Waals surface area contributed by atoms with Crippen LogP contribution in [0.3, 0.4) is 0 Å². The predicted molar refractivity (Wildman–Crippen MR) is 103 cm³/mol. The van der Waals surface area contributed by atoms with Gasteiger partial charge in [-0.1, -0.05) is 23.6 Å². The zero-order valence-corrected chi connectivity index (χ0v) is 14.9. The molecule has 0 saturated heterocycles. The number of rotatable bonds is 4. The molecule has 0 bridgehead atoms. The molecule has 0 amide bonds. The number of thiazole rings is 1. The molecule has 126 valence electrons. The van der Waals surface area contributed by atoms with Crippen molar-refractivity contribution in [1.29, 1.82) is 0 Å². The number of hydrogen-bond acceptors (Lipinski definition) is 5. The average molecular weight is 349 g/mol. The SMILES string of the molecule is CCN(CC)c1ccc2[c-]c(-c3nc4ccccc4s3)c(=O)oc2c1. The molecule has 4 aromatic rings. The second kappa shape index (κ2) is 6.33. The summed E-state index contributed by atoms with van der Waals surface area (Å²) >= 11 is 1.48. The molecule has 2 heterocycles. The van der Waals surface area contributed by atoms with Crippen molar-refractivity contribution in [1.82, 2.24) is 4.98 Å². The Kier molecular flexibility index (Phi) is 4.01. The zero-order chi connectivity index (χ0) is 17.4. The van der Waals surface area contributed by atoms with Crippen molar-refractivity contribution in [3.63, 3.8) is 0 Å². The summed E-state index contributed by atoms with van der Waals surface area (Å²) in [6, 6.07) is 16.9. The average Bonchev–Trinajstić information content (AvgIpc) is 3.06. The Labute approximate surface area is 149 Å². The van der Waals surface area contributed by atoms with E-state index in [4.69, 9.17) is 4.42 Å². The monoisotopic (exact) mass is 349 g/mol. The summed E-state index contributed by atoms with van der Waals surface area (Å²) in [5, 5.41) is 1.43. The number of nitrogens with zero attached hydrogens (tertiary/aromatic N) is 2. The van der Waals surface area contributed by atoms with Crippen LogP contribution in [0, 0.1) is 6.07 Å². The molecule has 0 saturated carbocycles. The minimum absolute atomic E-state index is 0.393. The molecule has 0 atom stereocenters. The molecule has 0 radical (unpaired) electrons. The minimum atomic E-state index is -0.400. The summed E-state index contributed by atoms with van der Waals surface area (Å²) in [4.78, 5) is 19.2. The van der Waals surface area contributed by atoms with Crippen LogP contribution in [0.2, 0.25) is 0 Å². The summed E-state index contributed by atoms with van der Waals surface area (Å²) < 4.78 is 6.62. The van der Waals surface area contributed by atoms with Crippen molar-refractivity contribution in [2.24, 2.45) is 0 Å². The first-order chi connectivity index (χ1) is 12.2. The van der Waals surface area contributed by atoms with Gasteiger partial charge in [0.1, 0.15) is 0 Å². The number of hydrogen-bond donors (Lipinski definition) is 0. The van der Waals surface area contributed by atoms with Gasteiger partial charge in [0, 0.05) is 23.5 Å². The lowest BCUT2D eigenvalue weighted by molar-refractivity contribution is 0.563. The summed E-state index contributed by atoms with van der Waals surface area (Å²) in [5.41, 5.74) is 2.47. The lowest BCUT2D eigenvalue weighted by Gasteiger charge is -2.22. The van der Waals surface area contributed by atoms with Gasteiger partial charge in [-0.25, -0.2) is 0 Å². The van der Waals surface area contributed by atoms with Gasteiger partial charge in [0.05, 0.1) is 16.1 Å². The number of para-hydroxylation sites is 1. The smallest absolute Gasteiger partial charge is 0.269 e. The molecule has 0 spiro atoms. The second-order valence-corrected chi connectivity index (χ2v) is 6.76. The quantitative estimate of drug-likeness (QED) is 0.395. The highest BCUT2D eigenvalue weighted by molar-refractivity contribution is 7.21. The van der Waals surface area contributed by atoms with E-state index >= 15 is 0 Å². The van der Waals surface area contributed by atoms with Crippen molar-refractivity contribution < 1.29 is 4.42 Å². The van der Waals surface area contributed by atoms with E-state index in [1.807, 2.05) is 42.5 Å². The van der Waals surface area contributed by atoms with Crippen LogP contribution >= 0.6 is 11.3 Å². The number of benzene rings is 2. The van der Waals surface area contributed by atoms with E-state index in [2.05, 4.69) is 29.8 Å². The first-order valence-electron chi connectivity index (χ1n) is 8.30. The normalized spacial score (nSPS) is 11.3. The van der Waals surface area contributed by atoms with Crippen LogP contribution in [0.15, 0.2) is 51.7 Å². The maximum absolute atomic E-state index is 12.5. The van der Waals surface area contributed by atoms with Crippen molar-refractivity contribution in [3.05, 3.63) is 59.0 Å². The van der Waals surface area contributed by atoms with Crippen LogP contribution in [0.5, 0.6) is 0 Å². The van der Waals surface area contributed by atoms with E-state index in [9.17, 15) is 4.79 Å². The zero-order valence-electron chi connectivity index (χ0n) is 14.1. The van der Waals surface area contributed by atoms with Gasteiger partial charge in [0.2, 0.25) is 0 Å². The van der Waals surface area contributed by atoms with Crippen LogP contribution in [0.1, 0.15) is 13.8 Å². The fourth-order valence-electron chi connectivity index (χ4n) is 2.94. The highest BCUT2D eigenvalue weighted by Crippen LogP contribution is 2.30. The summed E-state index contributed by atoms with van der Waals surface area (Å²) in [5.74, 6) is 0. The number of anilines is 1. The van der Waals surface area contributed by atoms with E-state index in [1.54, 1.807) is 0 Å². The fourth-order valence-corrected chi connectivity index (χ4v) is 3.89. The maximum Gasteiger partial charge on any atom is 0.269 e. The van der Waals surface area contributed by atoms with E-state index in [-0.39, 0.29) is 0 Å². The van der Waals surface area contributed by atoms with E-state index < -0.39 is 5.63 Å². The van der Waals surface area contributed by atoms with Crippen LogP contribution in [0.25, 0.3) is 31.8 Å². The molecule has 25 heavy (non-hydrogen) atoms. The van der Waals surface area contributed by atoms with Crippen LogP contribution in [-0.2, 0) is 0 Å². The molecule has 0 aliphatic carbocycles. The van der Waals surface area contributed by atoms with Crippen LogP contribution < -0.4 is 10.5 Å². The molecular formula is C20H17N2O2S-. The second-order valence-electron chi connectivity index (χ2n) is 5.73. The number of fused-ring (bicyclic) bond motifs is 2. The van der Waals surface area contributed by atoms with Gasteiger partial charge >= 0.3 is 0 Å². The largest absolute Gasteiger partial charge is 0.496 e. The van der Waals surface area contributed by atoms with Gasteiger partial charge in [0.25, 0.3) is 5.63 Å². The molecule has 5 heteroatoms. The van der Waals surface area contributed by atoms with Gasteiger partial charge in [-0.15, -0.1) is 12.1 Å². The predicted octanol–water partition coefficient (Wildman–Crippen LogP) is 4.72. The standard InChI is InChI=1S/C20H17N2O2S/c1-3-22(4-2)14-10-9-13-11-15(20(23)24-17(13)12-14)19-21-16-7-5-6-8-18(16)25-19/h5-10,12H,3-4H2,1-2H3/q-1. The Bertz CT molecular complexity index is 1080. The van der Waals surface area contributed by atoms with Crippen molar-refractivity contribution >= 4 is 38.2 Å². The van der Waals surface area contributed by atoms with Crippen molar-refractivity contribution in [2.45, 2.75) is 13.8 Å². The van der Waals surface area contributed by atoms with E-state index in [1.165, 1.54) is 11.3 Å². The van der Waals surface area contributed by atoms with Crippen molar-refractivity contribution in [3.8, 4) is 10.6 Å². The van der Waals surface area contributed by atoms with E-state index in [0.717, 1.165) is 34.4 Å². The van der Waals surface area contributed by atoms with Gasteiger partial charge in [0.15, 0.2) is 0 Å². The Morgan fingerprint density at radius 3 is 2.72 bits per heavy atom. The minimum Gasteiger partial charge on any atom is -0.496 e.